The van der Waals surface area contributed by atoms with Gasteiger partial charge in [0, 0.05) is 0 Å². The van der Waals surface area contributed by atoms with Gasteiger partial charge in [-0.25, -0.2) is 0 Å². The fourth-order valence-corrected chi connectivity index (χ4v) is 0.900. The third kappa shape index (κ3) is 4.12. The third-order valence-electron chi connectivity index (χ3n) is 1.50. The van der Waals surface area contributed by atoms with Crippen LogP contribution in [0.4, 0.5) is 5.95 Å². The van der Waals surface area contributed by atoms with Crippen molar-refractivity contribution >= 4 is 5.95 Å². The second kappa shape index (κ2) is 5.89. The summed E-state index contributed by atoms with van der Waals surface area (Å²) in [4.78, 5) is 11.6. The van der Waals surface area contributed by atoms with Gasteiger partial charge in [0.15, 0.2) is 0 Å². The first-order valence-electron chi connectivity index (χ1n) is 5.04. The molecule has 0 saturated carbocycles. The van der Waals surface area contributed by atoms with Gasteiger partial charge in [-0.2, -0.15) is 9.97 Å². The molecule has 1 heterocycles. The van der Waals surface area contributed by atoms with Gasteiger partial charge >= 0.3 is 12.0 Å². The van der Waals surface area contributed by atoms with Crippen LogP contribution in [-0.4, -0.2) is 27.7 Å². The van der Waals surface area contributed by atoms with E-state index in [1.54, 1.807) is 0 Å². The lowest BCUT2D eigenvalue weighted by molar-refractivity contribution is 0.216. The Labute approximate surface area is 94.5 Å². The molecular weight excluding hydrogens is 208 g/mol. The Bertz CT molecular complexity index is 366. The minimum absolute atomic E-state index is 0.0230. The fraction of sp³-hybridized carbons (Fsp3) is 0.500. The highest BCUT2D eigenvalue weighted by molar-refractivity contribution is 5.20. The maximum atomic E-state index is 5.50. The minimum atomic E-state index is -0.0230. The number of nitrogens with zero attached hydrogens (tertiary/aromatic N) is 3. The van der Waals surface area contributed by atoms with E-state index in [1.807, 2.05) is 32.9 Å². The molecule has 6 nitrogen and oxygen atoms in total. The van der Waals surface area contributed by atoms with Gasteiger partial charge < -0.3 is 15.2 Å². The monoisotopic (exact) mass is 224 g/mol. The van der Waals surface area contributed by atoms with Crippen LogP contribution in [0.15, 0.2) is 12.2 Å². The summed E-state index contributed by atoms with van der Waals surface area (Å²) >= 11 is 0. The fourth-order valence-electron chi connectivity index (χ4n) is 0.900. The number of hydrogen-bond acceptors (Lipinski definition) is 6. The van der Waals surface area contributed by atoms with Crippen molar-refractivity contribution in [2.75, 3.05) is 12.3 Å². The molecule has 1 rings (SSSR count). The van der Waals surface area contributed by atoms with E-state index in [4.69, 9.17) is 15.2 Å². The van der Waals surface area contributed by atoms with Crippen LogP contribution >= 0.6 is 0 Å². The first-order chi connectivity index (χ1) is 7.61. The Morgan fingerprint density at radius 1 is 1.25 bits per heavy atom. The van der Waals surface area contributed by atoms with Crippen molar-refractivity contribution in [3.63, 3.8) is 0 Å². The van der Waals surface area contributed by atoms with Crippen molar-refractivity contribution < 1.29 is 9.47 Å². The van der Waals surface area contributed by atoms with Gasteiger partial charge in [-0.1, -0.05) is 12.2 Å². The zero-order valence-corrected chi connectivity index (χ0v) is 9.67. The molecule has 1 aromatic heterocycles. The van der Waals surface area contributed by atoms with Gasteiger partial charge in [0.1, 0.15) is 6.61 Å². The van der Waals surface area contributed by atoms with Crippen molar-refractivity contribution in [1.29, 1.82) is 0 Å². The number of nitrogens with two attached hydrogens (primary N) is 1. The molecule has 0 spiro atoms. The summed E-state index contributed by atoms with van der Waals surface area (Å²) in [5.41, 5.74) is 5.50. The van der Waals surface area contributed by atoms with Crippen molar-refractivity contribution in [3.05, 3.63) is 12.2 Å². The van der Waals surface area contributed by atoms with E-state index in [2.05, 4.69) is 15.0 Å². The second-order valence-electron chi connectivity index (χ2n) is 3.31. The van der Waals surface area contributed by atoms with Crippen LogP contribution < -0.4 is 15.2 Å². The summed E-state index contributed by atoms with van der Waals surface area (Å²) in [5, 5.41) is 0. The van der Waals surface area contributed by atoms with Crippen LogP contribution in [-0.2, 0) is 0 Å². The molecule has 16 heavy (non-hydrogen) atoms. The van der Waals surface area contributed by atoms with Gasteiger partial charge in [-0.15, -0.1) is 4.98 Å². The average Bonchev–Trinajstić information content (AvgIpc) is 2.16. The highest BCUT2D eigenvalue weighted by atomic mass is 16.5. The van der Waals surface area contributed by atoms with E-state index in [-0.39, 0.29) is 24.1 Å². The predicted molar refractivity (Wildman–Crippen MR) is 60.3 cm³/mol. The lowest BCUT2D eigenvalue weighted by atomic mass is 10.5. The smallest absolute Gasteiger partial charge is 0.324 e. The SMILES string of the molecule is C/C=C/COc1nc(N)nc(OC(C)C)n1. The molecule has 0 radical (unpaired) electrons. The summed E-state index contributed by atoms with van der Waals surface area (Å²) in [6.45, 7) is 6.04. The van der Waals surface area contributed by atoms with Crippen LogP contribution in [0, 0.1) is 0 Å². The maximum absolute atomic E-state index is 5.50. The number of hydrogen-bond donors (Lipinski definition) is 1. The molecule has 88 valence electrons. The van der Waals surface area contributed by atoms with E-state index < -0.39 is 0 Å². The van der Waals surface area contributed by atoms with Crippen molar-refractivity contribution in [2.45, 2.75) is 26.9 Å². The summed E-state index contributed by atoms with van der Waals surface area (Å²) < 4.78 is 10.5. The summed E-state index contributed by atoms with van der Waals surface area (Å²) in [7, 11) is 0. The Kier molecular flexibility index (Phi) is 4.50. The van der Waals surface area contributed by atoms with Gasteiger partial charge in [0.25, 0.3) is 0 Å². The molecule has 0 unspecified atom stereocenters. The molecule has 0 saturated heterocycles. The zero-order chi connectivity index (χ0) is 12.0. The standard InChI is InChI=1S/C10H16N4O2/c1-4-5-6-15-9-12-8(11)13-10(14-9)16-7(2)3/h4-5,7H,6H2,1-3H3,(H2,11,12,13,14)/b5-4+. The van der Waals surface area contributed by atoms with Crippen LogP contribution in [0.3, 0.4) is 0 Å². The molecule has 1 aromatic rings. The number of allylic oxidation sites excluding steroid dienone is 1. The lowest BCUT2D eigenvalue weighted by Crippen LogP contribution is -2.11. The van der Waals surface area contributed by atoms with Crippen LogP contribution in [0.1, 0.15) is 20.8 Å². The Hall–Kier alpha value is -1.85. The maximum Gasteiger partial charge on any atom is 0.324 e. The molecular formula is C10H16N4O2. The highest BCUT2D eigenvalue weighted by Gasteiger charge is 2.07. The molecule has 0 aliphatic carbocycles. The summed E-state index contributed by atoms with van der Waals surface area (Å²) in [6.07, 6.45) is 3.68. The van der Waals surface area contributed by atoms with Gasteiger partial charge in [-0.05, 0) is 20.8 Å². The molecule has 6 heteroatoms. The van der Waals surface area contributed by atoms with Crippen LogP contribution in [0.2, 0.25) is 0 Å². The van der Waals surface area contributed by atoms with Crippen molar-refractivity contribution in [3.8, 4) is 12.0 Å². The summed E-state index contributed by atoms with van der Waals surface area (Å²) in [6, 6.07) is 0.347. The van der Waals surface area contributed by atoms with E-state index in [1.165, 1.54) is 0 Å². The number of nitrogen functional groups attached to an aromatic ring is 1. The number of anilines is 1. The first kappa shape index (κ1) is 12.2. The lowest BCUT2D eigenvalue weighted by Gasteiger charge is -2.08. The topological polar surface area (TPSA) is 83.2 Å². The predicted octanol–water partition coefficient (Wildman–Crippen LogP) is 1.20. The number of aromatic nitrogens is 3. The van der Waals surface area contributed by atoms with E-state index in [9.17, 15) is 0 Å². The van der Waals surface area contributed by atoms with E-state index in [0.29, 0.717) is 6.61 Å². The molecule has 2 N–H and O–H groups in total. The molecule has 0 bridgehead atoms. The number of ether oxygens (including phenoxy) is 2. The molecule has 0 atom stereocenters. The van der Waals surface area contributed by atoms with Crippen molar-refractivity contribution in [1.82, 2.24) is 15.0 Å². The van der Waals surface area contributed by atoms with Crippen LogP contribution in [0.25, 0.3) is 0 Å². The molecule has 0 fully saturated rings. The summed E-state index contributed by atoms with van der Waals surface area (Å²) in [5.74, 6) is 0.0844. The van der Waals surface area contributed by atoms with Crippen molar-refractivity contribution in [2.24, 2.45) is 0 Å². The largest absolute Gasteiger partial charge is 0.461 e. The molecule has 0 amide bonds. The van der Waals surface area contributed by atoms with E-state index in [0.717, 1.165) is 0 Å². The molecule has 0 aliphatic rings. The van der Waals surface area contributed by atoms with Gasteiger partial charge in [0.2, 0.25) is 5.95 Å². The molecule has 0 aliphatic heterocycles. The average molecular weight is 224 g/mol. The Balaban J connectivity index is 2.73. The third-order valence-corrected chi connectivity index (χ3v) is 1.50. The van der Waals surface area contributed by atoms with E-state index >= 15 is 0 Å². The normalized spacial score (nSPS) is 11.0. The minimum Gasteiger partial charge on any atom is -0.461 e. The Morgan fingerprint density at radius 2 is 1.94 bits per heavy atom. The highest BCUT2D eigenvalue weighted by Crippen LogP contribution is 2.11. The van der Waals surface area contributed by atoms with Gasteiger partial charge in [0.05, 0.1) is 6.10 Å². The quantitative estimate of drug-likeness (QED) is 0.756. The first-order valence-corrected chi connectivity index (χ1v) is 5.04. The van der Waals surface area contributed by atoms with Gasteiger partial charge in [-0.3, -0.25) is 0 Å². The Morgan fingerprint density at radius 3 is 2.56 bits per heavy atom. The number of rotatable bonds is 5. The van der Waals surface area contributed by atoms with Crippen LogP contribution in [0.5, 0.6) is 12.0 Å². The molecule has 0 aromatic carbocycles. The zero-order valence-electron chi connectivity index (χ0n) is 9.67. The second-order valence-corrected chi connectivity index (χ2v) is 3.31.